The van der Waals surface area contributed by atoms with E-state index in [1.54, 1.807) is 18.5 Å². The lowest BCUT2D eigenvalue weighted by Crippen LogP contribution is -2.11. The van der Waals surface area contributed by atoms with Crippen LogP contribution in [-0.4, -0.2) is 32.6 Å². The molecule has 0 fully saturated rings. The standard InChI is InChI=1S/C18H17BrN4O2/c1-10(2)7-21-17-16(12-5-13(19)9-20-8-12)22-14-4-3-11(18(24)25)6-15(14)23-17/h3-6,8-10H,7H2,1-2H3,(H,21,23)(H,24,25). The normalized spacial score (nSPS) is 11.0. The van der Waals surface area contributed by atoms with Gasteiger partial charge in [-0.15, -0.1) is 0 Å². The van der Waals surface area contributed by atoms with Gasteiger partial charge in [0, 0.05) is 29.0 Å². The number of carbonyl (C=O) groups is 1. The van der Waals surface area contributed by atoms with E-state index in [0.29, 0.717) is 28.5 Å². The minimum absolute atomic E-state index is 0.188. The Morgan fingerprint density at radius 2 is 2.00 bits per heavy atom. The van der Waals surface area contributed by atoms with Gasteiger partial charge in [0.1, 0.15) is 5.69 Å². The first-order chi connectivity index (χ1) is 11.9. The van der Waals surface area contributed by atoms with Crippen LogP contribution in [0, 0.1) is 5.92 Å². The maximum Gasteiger partial charge on any atom is 0.335 e. The van der Waals surface area contributed by atoms with Gasteiger partial charge in [-0.1, -0.05) is 13.8 Å². The molecule has 0 saturated heterocycles. The largest absolute Gasteiger partial charge is 0.478 e. The van der Waals surface area contributed by atoms with E-state index in [1.807, 2.05) is 6.07 Å². The molecule has 0 radical (unpaired) electrons. The van der Waals surface area contributed by atoms with E-state index in [9.17, 15) is 9.90 Å². The summed E-state index contributed by atoms with van der Waals surface area (Å²) in [6.07, 6.45) is 3.44. The summed E-state index contributed by atoms with van der Waals surface area (Å²) in [5, 5.41) is 12.5. The van der Waals surface area contributed by atoms with Crippen LogP contribution in [-0.2, 0) is 0 Å². The summed E-state index contributed by atoms with van der Waals surface area (Å²) in [6, 6.07) is 6.67. The van der Waals surface area contributed by atoms with Crippen LogP contribution in [0.25, 0.3) is 22.3 Å². The second-order valence-electron chi connectivity index (χ2n) is 6.10. The topological polar surface area (TPSA) is 88.0 Å². The number of pyridine rings is 1. The van der Waals surface area contributed by atoms with Crippen molar-refractivity contribution < 1.29 is 9.90 Å². The van der Waals surface area contributed by atoms with Crippen molar-refractivity contribution in [3.63, 3.8) is 0 Å². The highest BCUT2D eigenvalue weighted by molar-refractivity contribution is 9.10. The highest BCUT2D eigenvalue weighted by Crippen LogP contribution is 2.28. The Morgan fingerprint density at radius 3 is 2.68 bits per heavy atom. The molecule has 6 nitrogen and oxygen atoms in total. The Balaban J connectivity index is 2.17. The fraction of sp³-hybridized carbons (Fsp3) is 0.222. The van der Waals surface area contributed by atoms with E-state index in [-0.39, 0.29) is 5.56 Å². The van der Waals surface area contributed by atoms with E-state index in [4.69, 9.17) is 0 Å². The van der Waals surface area contributed by atoms with Gasteiger partial charge in [0.2, 0.25) is 0 Å². The summed E-state index contributed by atoms with van der Waals surface area (Å²) in [5.41, 5.74) is 2.88. The molecule has 2 N–H and O–H groups in total. The average Bonchev–Trinajstić information content (AvgIpc) is 2.58. The fourth-order valence-corrected chi connectivity index (χ4v) is 2.72. The highest BCUT2D eigenvalue weighted by atomic mass is 79.9. The van der Waals surface area contributed by atoms with Crippen molar-refractivity contribution in [2.45, 2.75) is 13.8 Å². The molecule has 3 rings (SSSR count). The number of benzene rings is 1. The zero-order valence-electron chi connectivity index (χ0n) is 13.8. The van der Waals surface area contributed by atoms with Crippen LogP contribution in [0.3, 0.4) is 0 Å². The summed E-state index contributed by atoms with van der Waals surface area (Å²) >= 11 is 3.43. The third-order valence-electron chi connectivity index (χ3n) is 3.57. The molecule has 0 bridgehead atoms. The number of nitrogens with one attached hydrogen (secondary N) is 1. The fourth-order valence-electron chi connectivity index (χ4n) is 2.35. The van der Waals surface area contributed by atoms with Gasteiger partial charge in [-0.05, 0) is 46.1 Å². The Kier molecular flexibility index (Phi) is 4.94. The first-order valence-electron chi connectivity index (χ1n) is 7.84. The van der Waals surface area contributed by atoms with Crippen LogP contribution < -0.4 is 5.32 Å². The molecule has 2 heterocycles. The predicted octanol–water partition coefficient (Wildman–Crippen LogP) is 4.22. The molecule has 128 valence electrons. The van der Waals surface area contributed by atoms with Crippen LogP contribution in [0.2, 0.25) is 0 Å². The quantitative estimate of drug-likeness (QED) is 0.666. The smallest absolute Gasteiger partial charge is 0.335 e. The molecule has 3 aromatic rings. The molecule has 0 aliphatic carbocycles. The zero-order valence-corrected chi connectivity index (χ0v) is 15.4. The molecule has 0 aliphatic rings. The lowest BCUT2D eigenvalue weighted by Gasteiger charge is -2.13. The average molecular weight is 401 g/mol. The predicted molar refractivity (Wildman–Crippen MR) is 101 cm³/mol. The van der Waals surface area contributed by atoms with Crippen LogP contribution in [0.1, 0.15) is 24.2 Å². The summed E-state index contributed by atoms with van der Waals surface area (Å²) in [6.45, 7) is 4.93. The van der Waals surface area contributed by atoms with E-state index < -0.39 is 5.97 Å². The number of halogens is 1. The molecule has 0 atom stereocenters. The van der Waals surface area contributed by atoms with Crippen LogP contribution >= 0.6 is 15.9 Å². The van der Waals surface area contributed by atoms with E-state index in [0.717, 1.165) is 16.6 Å². The molecule has 0 spiro atoms. The molecular weight excluding hydrogens is 384 g/mol. The molecule has 7 heteroatoms. The van der Waals surface area contributed by atoms with Crippen molar-refractivity contribution in [1.82, 2.24) is 15.0 Å². The summed E-state index contributed by atoms with van der Waals surface area (Å²) in [4.78, 5) is 24.7. The number of fused-ring (bicyclic) bond motifs is 1. The third-order valence-corrected chi connectivity index (χ3v) is 4.00. The van der Waals surface area contributed by atoms with Gasteiger partial charge in [-0.25, -0.2) is 14.8 Å². The Labute approximate surface area is 153 Å². The lowest BCUT2D eigenvalue weighted by molar-refractivity contribution is 0.0697. The summed E-state index contributed by atoms with van der Waals surface area (Å²) in [7, 11) is 0. The Hall–Kier alpha value is -2.54. The second kappa shape index (κ2) is 7.14. The van der Waals surface area contributed by atoms with Crippen LogP contribution in [0.4, 0.5) is 5.82 Å². The van der Waals surface area contributed by atoms with Gasteiger partial charge in [-0.3, -0.25) is 4.98 Å². The van der Waals surface area contributed by atoms with Crippen LogP contribution in [0.15, 0.2) is 41.1 Å². The maximum absolute atomic E-state index is 11.2. The van der Waals surface area contributed by atoms with Gasteiger partial charge >= 0.3 is 5.97 Å². The van der Waals surface area contributed by atoms with Crippen LogP contribution in [0.5, 0.6) is 0 Å². The summed E-state index contributed by atoms with van der Waals surface area (Å²) < 4.78 is 0.850. The van der Waals surface area contributed by atoms with E-state index in [1.165, 1.54) is 12.1 Å². The van der Waals surface area contributed by atoms with Crippen molar-refractivity contribution in [2.75, 3.05) is 11.9 Å². The number of hydrogen-bond acceptors (Lipinski definition) is 5. The van der Waals surface area contributed by atoms with E-state index >= 15 is 0 Å². The minimum Gasteiger partial charge on any atom is -0.478 e. The first kappa shape index (κ1) is 17.3. The molecule has 2 aromatic heterocycles. The molecule has 0 amide bonds. The number of anilines is 1. The molecule has 1 aromatic carbocycles. The molecule has 25 heavy (non-hydrogen) atoms. The number of carboxylic acids is 1. The summed E-state index contributed by atoms with van der Waals surface area (Å²) in [5.74, 6) is 0.0561. The first-order valence-corrected chi connectivity index (χ1v) is 8.63. The SMILES string of the molecule is CC(C)CNc1nc2cc(C(=O)O)ccc2nc1-c1cncc(Br)c1. The van der Waals surface area contributed by atoms with Gasteiger partial charge in [0.05, 0.1) is 16.6 Å². The molecule has 0 saturated carbocycles. The van der Waals surface area contributed by atoms with Crippen molar-refractivity contribution in [1.29, 1.82) is 0 Å². The van der Waals surface area contributed by atoms with Gasteiger partial charge < -0.3 is 10.4 Å². The molecular formula is C18H17BrN4O2. The monoisotopic (exact) mass is 400 g/mol. The Morgan fingerprint density at radius 1 is 1.20 bits per heavy atom. The molecule has 0 aliphatic heterocycles. The minimum atomic E-state index is -0.986. The number of aromatic nitrogens is 3. The van der Waals surface area contributed by atoms with Crippen molar-refractivity contribution in [3.05, 3.63) is 46.7 Å². The number of rotatable bonds is 5. The number of carboxylic acid groups (broad SMARTS) is 1. The zero-order chi connectivity index (χ0) is 18.0. The number of hydrogen-bond donors (Lipinski definition) is 2. The van der Waals surface area contributed by atoms with Crippen molar-refractivity contribution in [3.8, 4) is 11.3 Å². The second-order valence-corrected chi connectivity index (χ2v) is 7.01. The van der Waals surface area contributed by atoms with Gasteiger partial charge in [0.15, 0.2) is 5.82 Å². The lowest BCUT2D eigenvalue weighted by atomic mass is 10.1. The molecule has 0 unspecified atom stereocenters. The number of aromatic carboxylic acids is 1. The van der Waals surface area contributed by atoms with Gasteiger partial charge in [-0.2, -0.15) is 0 Å². The Bertz CT molecular complexity index is 944. The number of nitrogens with zero attached hydrogens (tertiary/aromatic N) is 3. The highest BCUT2D eigenvalue weighted by Gasteiger charge is 2.14. The van der Waals surface area contributed by atoms with Crippen molar-refractivity contribution in [2.24, 2.45) is 5.92 Å². The van der Waals surface area contributed by atoms with Gasteiger partial charge in [0.25, 0.3) is 0 Å². The van der Waals surface area contributed by atoms with Crippen molar-refractivity contribution >= 4 is 38.8 Å². The van der Waals surface area contributed by atoms with E-state index in [2.05, 4.69) is 50.0 Å². The third kappa shape index (κ3) is 3.93. The maximum atomic E-state index is 11.2.